The third kappa shape index (κ3) is 6.36. The van der Waals surface area contributed by atoms with Crippen LogP contribution < -0.4 is 9.47 Å². The van der Waals surface area contributed by atoms with E-state index >= 15 is 0 Å². The zero-order chi connectivity index (χ0) is 33.0. The van der Waals surface area contributed by atoms with Crippen LogP contribution in [0.4, 0.5) is 0 Å². The monoisotopic (exact) mass is 726 g/mol. The Hall–Kier alpha value is -1.94. The molecule has 2 aliphatic rings. The molecule has 4 atom stereocenters. The number of carbonyl (C=O) groups excluding carboxylic acids is 4. The van der Waals surface area contributed by atoms with Crippen molar-refractivity contribution in [3.8, 4) is 11.5 Å². The van der Waals surface area contributed by atoms with Crippen LogP contribution in [0.15, 0.2) is 12.1 Å². The molecule has 0 heterocycles. The predicted molar refractivity (Wildman–Crippen MR) is 168 cm³/mol. The molecule has 2 aromatic carbocycles. The molecule has 0 N–H and O–H groups in total. The van der Waals surface area contributed by atoms with E-state index in [0.717, 1.165) is 12.1 Å². The Bertz CT molecular complexity index is 1440. The summed E-state index contributed by atoms with van der Waals surface area (Å²) in [7, 11) is 0. The van der Waals surface area contributed by atoms with Gasteiger partial charge in [0, 0.05) is 10.8 Å². The summed E-state index contributed by atoms with van der Waals surface area (Å²) < 4.78 is 21.3. The van der Waals surface area contributed by atoms with Crippen molar-refractivity contribution < 1.29 is 38.1 Å². The maximum Gasteiger partial charge on any atom is 0.423 e. The lowest BCUT2D eigenvalue weighted by molar-refractivity contribution is -0.156. The summed E-state index contributed by atoms with van der Waals surface area (Å²) in [6, 6.07) is 2.24. The van der Waals surface area contributed by atoms with Gasteiger partial charge in [-0.25, -0.2) is 19.2 Å². The summed E-state index contributed by atoms with van der Waals surface area (Å²) in [6.45, 7) is 12.1. The highest BCUT2D eigenvalue weighted by Crippen LogP contribution is 2.59. The number of hydrogen-bond donors (Lipinski definition) is 0. The van der Waals surface area contributed by atoms with Crippen molar-refractivity contribution in [1.29, 1.82) is 0 Å². The molecule has 4 rings (SSSR count). The summed E-state index contributed by atoms with van der Waals surface area (Å²) in [5.41, 5.74) is -1.45. The van der Waals surface area contributed by atoms with Gasteiger partial charge < -0.3 is 18.9 Å². The fourth-order valence-electron chi connectivity index (χ4n) is 5.24. The molecule has 0 radical (unpaired) electrons. The van der Waals surface area contributed by atoms with Gasteiger partial charge in [0.15, 0.2) is 11.5 Å². The van der Waals surface area contributed by atoms with E-state index < -0.39 is 46.5 Å². The number of rotatable bonds is 8. The van der Waals surface area contributed by atoms with E-state index in [2.05, 4.69) is 0 Å². The number of esters is 4. The van der Waals surface area contributed by atoms with Gasteiger partial charge in [0.2, 0.25) is 0 Å². The van der Waals surface area contributed by atoms with Crippen molar-refractivity contribution in [1.82, 2.24) is 0 Å². The van der Waals surface area contributed by atoms with E-state index in [0.29, 0.717) is 23.7 Å². The first-order valence-corrected chi connectivity index (χ1v) is 15.8. The second-order valence-electron chi connectivity index (χ2n) is 11.8. The summed E-state index contributed by atoms with van der Waals surface area (Å²) in [4.78, 5) is 52.1. The average molecular weight is 729 g/mol. The van der Waals surface area contributed by atoms with Crippen LogP contribution >= 0.6 is 69.6 Å². The molecule has 4 unspecified atom stereocenters. The molecule has 0 amide bonds. The summed E-state index contributed by atoms with van der Waals surface area (Å²) in [5, 5.41) is -1.52. The molecule has 2 aliphatic carbocycles. The van der Waals surface area contributed by atoms with E-state index in [4.69, 9.17) is 88.6 Å². The van der Waals surface area contributed by atoms with Gasteiger partial charge in [0.25, 0.3) is 0 Å². The first-order chi connectivity index (χ1) is 20.4. The third-order valence-corrected chi connectivity index (χ3v) is 11.8. The van der Waals surface area contributed by atoms with Gasteiger partial charge in [-0.2, -0.15) is 0 Å². The number of ether oxygens (including phenoxy) is 4. The first-order valence-electron chi connectivity index (χ1n) is 13.5. The van der Waals surface area contributed by atoms with E-state index in [1.165, 1.54) is 0 Å². The maximum atomic E-state index is 13.1. The van der Waals surface area contributed by atoms with Crippen LogP contribution in [0, 0.1) is 34.5 Å². The van der Waals surface area contributed by atoms with Crippen molar-refractivity contribution in [3.63, 3.8) is 0 Å². The molecular formula is C30H28Cl6O8. The van der Waals surface area contributed by atoms with E-state index in [1.54, 1.807) is 0 Å². The van der Waals surface area contributed by atoms with Crippen LogP contribution in [0.1, 0.15) is 62.3 Å². The van der Waals surface area contributed by atoms with Gasteiger partial charge >= 0.3 is 23.9 Å². The lowest BCUT2D eigenvalue weighted by Gasteiger charge is -2.17. The molecule has 2 fully saturated rings. The van der Waals surface area contributed by atoms with Crippen LogP contribution in [-0.4, -0.2) is 37.1 Å². The van der Waals surface area contributed by atoms with Crippen molar-refractivity contribution in [2.45, 2.75) is 41.5 Å². The van der Waals surface area contributed by atoms with E-state index in [9.17, 15) is 19.2 Å². The van der Waals surface area contributed by atoms with Crippen molar-refractivity contribution in [2.24, 2.45) is 34.5 Å². The topological polar surface area (TPSA) is 105 Å². The van der Waals surface area contributed by atoms with Crippen LogP contribution in [0.5, 0.6) is 11.5 Å². The SMILES string of the molecule is CC1C(C)C1(C)COC(=O)c1c(Cl)c(Cl)cc(Cl)c1OC(=O)C(=O)Oc1c(Cl)cc(Cl)c(Cl)c1C(=O)OCC1(C)C(C)C1C. The fourth-order valence-corrected chi connectivity index (χ4v) is 6.68. The lowest BCUT2D eigenvalue weighted by atomic mass is 10.1. The molecule has 2 aromatic rings. The van der Waals surface area contributed by atoms with Crippen LogP contribution in [0.3, 0.4) is 0 Å². The summed E-state index contributed by atoms with van der Waals surface area (Å²) in [6.07, 6.45) is 0. The second-order valence-corrected chi connectivity index (χ2v) is 14.2. The van der Waals surface area contributed by atoms with Crippen LogP contribution in [0.2, 0.25) is 30.1 Å². The molecule has 14 heteroatoms. The Morgan fingerprint density at radius 2 is 0.886 bits per heavy atom. The molecule has 0 bridgehead atoms. The smallest absolute Gasteiger partial charge is 0.423 e. The highest BCUT2D eigenvalue weighted by molar-refractivity contribution is 6.47. The molecule has 44 heavy (non-hydrogen) atoms. The lowest BCUT2D eigenvalue weighted by Crippen LogP contribution is -2.28. The Morgan fingerprint density at radius 1 is 0.591 bits per heavy atom. The quantitative estimate of drug-likeness (QED) is 0.115. The van der Waals surface area contributed by atoms with Crippen LogP contribution in [-0.2, 0) is 19.1 Å². The van der Waals surface area contributed by atoms with E-state index in [-0.39, 0.29) is 54.2 Å². The Balaban J connectivity index is 1.56. The zero-order valence-corrected chi connectivity index (χ0v) is 28.9. The molecule has 0 spiro atoms. The highest BCUT2D eigenvalue weighted by Gasteiger charge is 2.57. The molecule has 8 nitrogen and oxygen atoms in total. The standard InChI is InChI=1S/C30H28Cl6O8/c1-11-12(2)29(11,5)9-41-25(37)19-21(35)15(31)7-17(33)23(19)43-27(39)28(40)44-24-18(34)8-16(32)22(36)20(24)26(38)42-10-30(6)13(3)14(30)4/h7-8,11-14H,9-10H2,1-6H3. The first kappa shape index (κ1) is 34.9. The minimum Gasteiger partial charge on any atom is -0.461 e. The van der Waals surface area contributed by atoms with Gasteiger partial charge in [-0.1, -0.05) is 111 Å². The zero-order valence-electron chi connectivity index (χ0n) is 24.4. The van der Waals surface area contributed by atoms with Crippen LogP contribution in [0.25, 0.3) is 0 Å². The molecule has 0 saturated heterocycles. The van der Waals surface area contributed by atoms with Gasteiger partial charge in [0.1, 0.15) is 11.1 Å². The number of halogens is 6. The summed E-state index contributed by atoms with van der Waals surface area (Å²) >= 11 is 37.3. The highest BCUT2D eigenvalue weighted by atomic mass is 35.5. The second kappa shape index (κ2) is 12.7. The third-order valence-electron chi connectivity index (χ3n) is 9.69. The van der Waals surface area contributed by atoms with Crippen molar-refractivity contribution >= 4 is 93.5 Å². The number of benzene rings is 2. The van der Waals surface area contributed by atoms with E-state index in [1.807, 2.05) is 41.5 Å². The average Bonchev–Trinajstić information content (AvgIpc) is 3.66. The molecule has 0 aliphatic heterocycles. The Kier molecular flexibility index (Phi) is 10.1. The predicted octanol–water partition coefficient (Wildman–Crippen LogP) is 9.02. The molecule has 2 saturated carbocycles. The minimum atomic E-state index is -1.65. The van der Waals surface area contributed by atoms with Gasteiger partial charge in [0.05, 0.1) is 43.3 Å². The molecule has 238 valence electrons. The molecular weight excluding hydrogens is 701 g/mol. The van der Waals surface area contributed by atoms with Gasteiger partial charge in [-0.05, 0) is 35.8 Å². The largest absolute Gasteiger partial charge is 0.461 e. The van der Waals surface area contributed by atoms with Crippen molar-refractivity contribution in [2.75, 3.05) is 13.2 Å². The normalized spacial score (nSPS) is 26.9. The maximum absolute atomic E-state index is 13.1. The van der Waals surface area contributed by atoms with Crippen molar-refractivity contribution in [3.05, 3.63) is 53.4 Å². The Labute approximate surface area is 284 Å². The van der Waals surface area contributed by atoms with Gasteiger partial charge in [-0.15, -0.1) is 0 Å². The number of carbonyl (C=O) groups is 4. The number of hydrogen-bond acceptors (Lipinski definition) is 8. The fraction of sp³-hybridized carbons (Fsp3) is 0.467. The summed E-state index contributed by atoms with van der Waals surface area (Å²) in [5.74, 6) is -5.20. The minimum absolute atomic E-state index is 0.0513. The molecule has 0 aromatic heterocycles. The van der Waals surface area contributed by atoms with Gasteiger partial charge in [-0.3, -0.25) is 0 Å². The Morgan fingerprint density at radius 3 is 1.16 bits per heavy atom.